The van der Waals surface area contributed by atoms with Crippen LogP contribution < -0.4 is 0 Å². The Bertz CT molecular complexity index is 1030. The molecule has 0 radical (unpaired) electrons. The molecule has 0 saturated heterocycles. The van der Waals surface area contributed by atoms with E-state index in [-0.39, 0.29) is 16.7 Å². The number of rotatable bonds is 2. The van der Waals surface area contributed by atoms with Gasteiger partial charge in [-0.15, -0.1) is 11.3 Å². The number of aryl methyl sites for hydroxylation is 2. The number of nitrogens with one attached hydrogen (secondary N) is 1. The van der Waals surface area contributed by atoms with Crippen molar-refractivity contribution in [2.45, 2.75) is 13.8 Å². The number of fused-ring (bicyclic) bond motifs is 1. The van der Waals surface area contributed by atoms with E-state index in [1.165, 1.54) is 16.0 Å². The van der Waals surface area contributed by atoms with Crippen molar-refractivity contribution < 1.29 is 8.78 Å². The summed E-state index contributed by atoms with van der Waals surface area (Å²) in [5.41, 5.74) is 1.22. The van der Waals surface area contributed by atoms with Crippen LogP contribution in [0.2, 0.25) is 0 Å². The van der Waals surface area contributed by atoms with Gasteiger partial charge in [-0.05, 0) is 19.9 Å². The summed E-state index contributed by atoms with van der Waals surface area (Å²) in [4.78, 5) is 5.25. The second kappa shape index (κ2) is 4.92. The second-order valence-corrected chi connectivity index (χ2v) is 6.21. The molecule has 116 valence electrons. The van der Waals surface area contributed by atoms with Gasteiger partial charge in [0.1, 0.15) is 11.4 Å². The molecule has 4 aromatic rings. The Labute approximate surface area is 132 Å². The van der Waals surface area contributed by atoms with Crippen molar-refractivity contribution in [1.82, 2.24) is 30.2 Å². The first kappa shape index (κ1) is 13.9. The Hall–Kier alpha value is -2.68. The molecule has 0 amide bonds. The molecule has 0 unspecified atom stereocenters. The maximum atomic E-state index is 14.5. The molecule has 0 aliphatic carbocycles. The fourth-order valence-electron chi connectivity index (χ4n) is 2.44. The third-order valence-electron chi connectivity index (χ3n) is 3.44. The molecule has 0 spiro atoms. The average molecular weight is 332 g/mol. The van der Waals surface area contributed by atoms with Gasteiger partial charge >= 0.3 is 0 Å². The number of hydrogen-bond acceptors (Lipinski definition) is 5. The van der Waals surface area contributed by atoms with Crippen LogP contribution in [0.1, 0.15) is 10.7 Å². The predicted molar refractivity (Wildman–Crippen MR) is 81.5 cm³/mol. The van der Waals surface area contributed by atoms with Gasteiger partial charge in [0, 0.05) is 12.3 Å². The van der Waals surface area contributed by atoms with Crippen LogP contribution in [0.3, 0.4) is 0 Å². The first-order valence-electron chi connectivity index (χ1n) is 6.73. The monoisotopic (exact) mass is 332 g/mol. The summed E-state index contributed by atoms with van der Waals surface area (Å²) < 4.78 is 29.8. The van der Waals surface area contributed by atoms with Crippen molar-refractivity contribution in [3.63, 3.8) is 0 Å². The minimum atomic E-state index is -0.679. The molecular weight excluding hydrogens is 322 g/mol. The molecule has 0 bridgehead atoms. The maximum absolute atomic E-state index is 14.5. The first-order chi connectivity index (χ1) is 11.0. The van der Waals surface area contributed by atoms with Crippen molar-refractivity contribution in [1.29, 1.82) is 0 Å². The number of nitrogens with zero attached hydrogens (tertiary/aromatic N) is 5. The lowest BCUT2D eigenvalue weighted by atomic mass is 10.2. The summed E-state index contributed by atoms with van der Waals surface area (Å²) in [6.45, 7) is 3.80. The molecule has 3 heterocycles. The number of hydrogen-bond donors (Lipinski definition) is 1. The van der Waals surface area contributed by atoms with Crippen LogP contribution in [0, 0.1) is 25.5 Å². The Balaban J connectivity index is 1.86. The summed E-state index contributed by atoms with van der Waals surface area (Å²) >= 11 is 1.51. The second-order valence-electron chi connectivity index (χ2n) is 5.01. The molecule has 0 saturated carbocycles. The highest BCUT2D eigenvalue weighted by atomic mass is 32.1. The Morgan fingerprint density at radius 1 is 1.17 bits per heavy atom. The molecule has 1 aromatic carbocycles. The van der Waals surface area contributed by atoms with Crippen molar-refractivity contribution >= 4 is 22.4 Å². The molecule has 23 heavy (non-hydrogen) atoms. The zero-order chi connectivity index (χ0) is 16.1. The number of halogens is 2. The summed E-state index contributed by atoms with van der Waals surface area (Å²) in [5, 5.41) is 14.7. The van der Waals surface area contributed by atoms with E-state index in [1.807, 2.05) is 13.8 Å². The predicted octanol–water partition coefficient (Wildman–Crippen LogP) is 3.16. The van der Waals surface area contributed by atoms with E-state index in [2.05, 4.69) is 25.5 Å². The van der Waals surface area contributed by atoms with E-state index in [9.17, 15) is 8.78 Å². The third kappa shape index (κ3) is 2.12. The molecule has 1 N–H and O–H groups in total. The fourth-order valence-corrected chi connectivity index (χ4v) is 3.32. The normalized spacial score (nSPS) is 11.5. The number of benzene rings is 1. The van der Waals surface area contributed by atoms with Gasteiger partial charge in [0.25, 0.3) is 0 Å². The fraction of sp³-hybridized carbons (Fsp3) is 0.143. The smallest absolute Gasteiger partial charge is 0.178 e. The lowest BCUT2D eigenvalue weighted by Crippen LogP contribution is -2.01. The van der Waals surface area contributed by atoms with Crippen LogP contribution in [0.15, 0.2) is 18.3 Å². The van der Waals surface area contributed by atoms with Crippen LogP contribution >= 0.6 is 11.3 Å². The Morgan fingerprint density at radius 2 is 1.96 bits per heavy atom. The van der Waals surface area contributed by atoms with Crippen LogP contribution in [-0.2, 0) is 0 Å². The van der Waals surface area contributed by atoms with Crippen LogP contribution in [0.5, 0.6) is 0 Å². The molecule has 4 rings (SSSR count). The highest BCUT2D eigenvalue weighted by molar-refractivity contribution is 7.15. The first-order valence-corrected chi connectivity index (χ1v) is 7.55. The van der Waals surface area contributed by atoms with Crippen molar-refractivity contribution in [3.8, 4) is 16.3 Å². The standard InChI is InChI=1S/C14H10F2N6S/c1-6-14(23-7(2)17-6)9-3-4-22(20-9)10-5-8(15)12-13(11(10)16)19-21-18-12/h3-5H,1-2H3,(H,18,19,21). The van der Waals surface area contributed by atoms with E-state index in [1.54, 1.807) is 12.3 Å². The van der Waals surface area contributed by atoms with E-state index in [0.717, 1.165) is 21.6 Å². The van der Waals surface area contributed by atoms with E-state index in [4.69, 9.17) is 0 Å². The summed E-state index contributed by atoms with van der Waals surface area (Å²) in [5.74, 6) is -1.34. The van der Waals surface area contributed by atoms with Crippen LogP contribution in [0.25, 0.3) is 27.3 Å². The van der Waals surface area contributed by atoms with E-state index in [0.29, 0.717) is 5.69 Å². The summed E-state index contributed by atoms with van der Waals surface area (Å²) in [6, 6.07) is 2.80. The summed E-state index contributed by atoms with van der Waals surface area (Å²) in [6.07, 6.45) is 1.58. The van der Waals surface area contributed by atoms with Gasteiger partial charge in [0.15, 0.2) is 22.7 Å². The maximum Gasteiger partial charge on any atom is 0.178 e. The molecule has 0 atom stereocenters. The Morgan fingerprint density at radius 3 is 2.70 bits per heavy atom. The summed E-state index contributed by atoms with van der Waals surface area (Å²) in [7, 11) is 0. The minimum absolute atomic E-state index is 0.0194. The van der Waals surface area contributed by atoms with Gasteiger partial charge in [-0.3, -0.25) is 0 Å². The van der Waals surface area contributed by atoms with E-state index >= 15 is 0 Å². The lowest BCUT2D eigenvalue weighted by Gasteiger charge is -2.04. The average Bonchev–Trinajstić information content (AvgIpc) is 3.21. The van der Waals surface area contributed by atoms with Gasteiger partial charge in [-0.2, -0.15) is 20.5 Å². The SMILES string of the molecule is Cc1nc(C)c(-c2ccn(-c3cc(F)c4n[nH]nc4c3F)n2)s1. The molecule has 0 aliphatic heterocycles. The molecule has 6 nitrogen and oxygen atoms in total. The van der Waals surface area contributed by atoms with Crippen LogP contribution in [-0.4, -0.2) is 30.2 Å². The quantitative estimate of drug-likeness (QED) is 0.612. The highest BCUT2D eigenvalue weighted by Crippen LogP contribution is 2.29. The Kier molecular flexibility index (Phi) is 2.98. The number of aromatic amines is 1. The van der Waals surface area contributed by atoms with E-state index < -0.39 is 11.6 Å². The third-order valence-corrected chi connectivity index (χ3v) is 4.54. The number of H-pyrrole nitrogens is 1. The largest absolute Gasteiger partial charge is 0.246 e. The van der Waals surface area contributed by atoms with Gasteiger partial charge in [0.05, 0.1) is 15.6 Å². The van der Waals surface area contributed by atoms with Crippen LogP contribution in [0.4, 0.5) is 8.78 Å². The van der Waals surface area contributed by atoms with Gasteiger partial charge in [-0.1, -0.05) is 0 Å². The van der Waals surface area contributed by atoms with Crippen molar-refractivity contribution in [3.05, 3.63) is 40.7 Å². The topological polar surface area (TPSA) is 72.3 Å². The van der Waals surface area contributed by atoms with Crippen molar-refractivity contribution in [2.75, 3.05) is 0 Å². The zero-order valence-corrected chi connectivity index (χ0v) is 12.9. The van der Waals surface area contributed by atoms with Crippen molar-refractivity contribution in [2.24, 2.45) is 0 Å². The highest BCUT2D eigenvalue weighted by Gasteiger charge is 2.18. The molecule has 3 aromatic heterocycles. The zero-order valence-electron chi connectivity index (χ0n) is 12.1. The van der Waals surface area contributed by atoms with Gasteiger partial charge in [0.2, 0.25) is 0 Å². The molecule has 9 heteroatoms. The molecule has 0 fully saturated rings. The number of thiazole rings is 1. The molecule has 0 aliphatic rings. The molecular formula is C14H10F2N6S. The van der Waals surface area contributed by atoms with Gasteiger partial charge < -0.3 is 0 Å². The van der Waals surface area contributed by atoms with Gasteiger partial charge in [-0.25, -0.2) is 18.4 Å². The minimum Gasteiger partial charge on any atom is -0.246 e. The number of aromatic nitrogens is 6. The lowest BCUT2D eigenvalue weighted by molar-refractivity contribution is 0.601.